The zero-order valence-corrected chi connectivity index (χ0v) is 20.6. The third-order valence-corrected chi connectivity index (χ3v) is 7.00. The zero-order valence-electron chi connectivity index (χ0n) is 18.2. The van der Waals surface area contributed by atoms with E-state index >= 15 is 0 Å². The fourth-order valence-electron chi connectivity index (χ4n) is 3.47. The molecule has 3 aromatic rings. The molecule has 0 radical (unpaired) electrons. The third kappa shape index (κ3) is 5.59. The molecule has 2 aromatic heterocycles. The first-order valence-corrected chi connectivity index (χ1v) is 12.3. The van der Waals surface area contributed by atoms with E-state index in [2.05, 4.69) is 66.8 Å². The average Bonchev–Trinajstić information content (AvgIpc) is 3.09. The van der Waals surface area contributed by atoms with Crippen LogP contribution >= 0.6 is 34.5 Å². The Labute approximate surface area is 203 Å². The molecule has 32 heavy (non-hydrogen) atoms. The lowest BCUT2D eigenvalue weighted by molar-refractivity contribution is 0.396. The Morgan fingerprint density at radius 2 is 1.75 bits per heavy atom. The van der Waals surface area contributed by atoms with Crippen LogP contribution in [-0.2, 0) is 0 Å². The van der Waals surface area contributed by atoms with Crippen LogP contribution in [0.25, 0.3) is 27.2 Å². The van der Waals surface area contributed by atoms with Crippen molar-refractivity contribution in [3.8, 4) is 10.6 Å². The minimum Gasteiger partial charge on any atom is -0.368 e. The molecule has 1 aromatic carbocycles. The molecule has 1 N–H and O–H groups in total. The highest BCUT2D eigenvalue weighted by molar-refractivity contribution is 7.16. The van der Waals surface area contributed by atoms with Gasteiger partial charge in [-0.15, -0.1) is 11.3 Å². The van der Waals surface area contributed by atoms with Crippen LogP contribution in [0.15, 0.2) is 54.6 Å². The normalized spacial score (nSPS) is 13.6. The molecule has 0 fully saturated rings. The van der Waals surface area contributed by atoms with Crippen LogP contribution < -0.4 is 5.32 Å². The minimum absolute atomic E-state index is 0.483. The SMILES string of the molecule is CN(C)CCCCNc1nc2cc(Cl)c(Cl)cc2nc1-c1ccc(C2=CC=CCC=C2)s1. The van der Waals surface area contributed by atoms with Crippen LogP contribution in [0.1, 0.15) is 24.1 Å². The van der Waals surface area contributed by atoms with Gasteiger partial charge in [-0.05, 0) is 69.7 Å². The van der Waals surface area contributed by atoms with Gasteiger partial charge in [0.1, 0.15) is 5.69 Å². The van der Waals surface area contributed by atoms with Crippen molar-refractivity contribution in [1.29, 1.82) is 0 Å². The second-order valence-electron chi connectivity index (χ2n) is 7.97. The number of unbranched alkanes of at least 4 members (excludes halogenated alkanes) is 1. The summed E-state index contributed by atoms with van der Waals surface area (Å²) in [5, 5.41) is 4.47. The van der Waals surface area contributed by atoms with Gasteiger partial charge in [0.25, 0.3) is 0 Å². The molecule has 0 aliphatic heterocycles. The predicted octanol–water partition coefficient (Wildman–Crippen LogP) is 7.32. The summed E-state index contributed by atoms with van der Waals surface area (Å²) in [4.78, 5) is 14.3. The number of hydrogen-bond donors (Lipinski definition) is 1. The molecule has 0 amide bonds. The average molecular weight is 485 g/mol. The maximum absolute atomic E-state index is 6.25. The van der Waals surface area contributed by atoms with Crippen molar-refractivity contribution < 1.29 is 0 Å². The van der Waals surface area contributed by atoms with Crippen molar-refractivity contribution in [1.82, 2.24) is 14.9 Å². The van der Waals surface area contributed by atoms with E-state index in [1.807, 2.05) is 0 Å². The van der Waals surface area contributed by atoms with Crippen LogP contribution in [0.4, 0.5) is 5.82 Å². The van der Waals surface area contributed by atoms with Gasteiger partial charge in [-0.1, -0.05) is 53.6 Å². The topological polar surface area (TPSA) is 41.0 Å². The van der Waals surface area contributed by atoms with Gasteiger partial charge in [-0.25, -0.2) is 9.97 Å². The van der Waals surface area contributed by atoms with E-state index in [0.717, 1.165) is 59.8 Å². The van der Waals surface area contributed by atoms with Crippen LogP contribution in [-0.4, -0.2) is 42.1 Å². The van der Waals surface area contributed by atoms with Crippen molar-refractivity contribution >= 4 is 57.0 Å². The van der Waals surface area contributed by atoms with E-state index in [0.29, 0.717) is 10.0 Å². The number of hydrogen-bond acceptors (Lipinski definition) is 5. The zero-order chi connectivity index (χ0) is 22.5. The van der Waals surface area contributed by atoms with Gasteiger partial charge in [0.05, 0.1) is 26.0 Å². The number of anilines is 1. The summed E-state index contributed by atoms with van der Waals surface area (Å²) in [5.74, 6) is 0.777. The van der Waals surface area contributed by atoms with Gasteiger partial charge >= 0.3 is 0 Å². The Morgan fingerprint density at radius 1 is 1.00 bits per heavy atom. The van der Waals surface area contributed by atoms with E-state index in [-0.39, 0.29) is 0 Å². The van der Waals surface area contributed by atoms with Crippen LogP contribution in [0.2, 0.25) is 10.0 Å². The summed E-state index contributed by atoms with van der Waals surface area (Å²) >= 11 is 14.2. The number of halogens is 2. The van der Waals surface area contributed by atoms with Crippen molar-refractivity contribution in [2.45, 2.75) is 19.3 Å². The highest BCUT2D eigenvalue weighted by atomic mass is 35.5. The summed E-state index contributed by atoms with van der Waals surface area (Å²) in [7, 11) is 4.19. The molecule has 0 spiro atoms. The van der Waals surface area contributed by atoms with E-state index in [4.69, 9.17) is 33.2 Å². The van der Waals surface area contributed by atoms with Crippen molar-refractivity contribution in [3.63, 3.8) is 0 Å². The third-order valence-electron chi connectivity index (χ3n) is 5.14. The number of thiophene rings is 1. The second kappa shape index (κ2) is 10.6. The Morgan fingerprint density at radius 3 is 2.53 bits per heavy atom. The molecular weight excluding hydrogens is 459 g/mol. The molecule has 1 aliphatic carbocycles. The Balaban J connectivity index is 1.67. The van der Waals surface area contributed by atoms with Gasteiger partial charge in [0, 0.05) is 11.4 Å². The Kier molecular flexibility index (Phi) is 7.63. The summed E-state index contributed by atoms with van der Waals surface area (Å²) in [6.45, 7) is 1.90. The quantitative estimate of drug-likeness (QED) is 0.340. The van der Waals surface area contributed by atoms with Crippen molar-refractivity contribution in [3.05, 3.63) is 69.6 Å². The molecule has 4 nitrogen and oxygen atoms in total. The monoisotopic (exact) mass is 484 g/mol. The molecule has 0 saturated heterocycles. The molecule has 2 heterocycles. The largest absolute Gasteiger partial charge is 0.368 e. The van der Waals surface area contributed by atoms with Crippen LogP contribution in [0.3, 0.4) is 0 Å². The predicted molar refractivity (Wildman–Crippen MR) is 140 cm³/mol. The first kappa shape index (κ1) is 23.0. The first-order chi connectivity index (χ1) is 15.5. The molecule has 7 heteroatoms. The van der Waals surface area contributed by atoms with E-state index in [1.54, 1.807) is 23.5 Å². The maximum Gasteiger partial charge on any atom is 0.154 e. The van der Waals surface area contributed by atoms with E-state index in [9.17, 15) is 0 Å². The van der Waals surface area contributed by atoms with Gasteiger partial charge in [-0.2, -0.15) is 0 Å². The second-order valence-corrected chi connectivity index (χ2v) is 9.86. The molecule has 0 saturated carbocycles. The van der Waals surface area contributed by atoms with Crippen molar-refractivity contribution in [2.24, 2.45) is 0 Å². The number of aromatic nitrogens is 2. The summed E-state index contributed by atoms with van der Waals surface area (Å²) in [6, 6.07) is 7.83. The smallest absolute Gasteiger partial charge is 0.154 e. The first-order valence-electron chi connectivity index (χ1n) is 10.7. The van der Waals surface area contributed by atoms with Gasteiger partial charge < -0.3 is 10.2 Å². The number of rotatable bonds is 8. The highest BCUT2D eigenvalue weighted by Gasteiger charge is 2.15. The van der Waals surface area contributed by atoms with Gasteiger partial charge in [0.2, 0.25) is 0 Å². The van der Waals surface area contributed by atoms with Crippen molar-refractivity contribution in [2.75, 3.05) is 32.5 Å². The minimum atomic E-state index is 0.483. The summed E-state index contributed by atoms with van der Waals surface area (Å²) in [6.07, 6.45) is 13.9. The summed E-state index contributed by atoms with van der Waals surface area (Å²) < 4.78 is 0. The molecule has 0 atom stereocenters. The number of fused-ring (bicyclic) bond motifs is 1. The molecule has 1 aliphatic rings. The molecular formula is C25H26Cl2N4S. The number of nitrogens with zero attached hydrogens (tertiary/aromatic N) is 3. The lowest BCUT2D eigenvalue weighted by Crippen LogP contribution is -2.14. The molecule has 0 unspecified atom stereocenters. The summed E-state index contributed by atoms with van der Waals surface area (Å²) in [5.41, 5.74) is 3.51. The number of allylic oxidation sites excluding steroid dienone is 6. The lowest BCUT2D eigenvalue weighted by atomic mass is 10.2. The number of nitrogens with one attached hydrogen (secondary N) is 1. The highest BCUT2D eigenvalue weighted by Crippen LogP contribution is 2.37. The van der Waals surface area contributed by atoms with E-state index < -0.39 is 0 Å². The maximum atomic E-state index is 6.25. The molecule has 166 valence electrons. The number of benzene rings is 1. The lowest BCUT2D eigenvalue weighted by Gasteiger charge is -2.13. The fraction of sp³-hybridized carbons (Fsp3) is 0.280. The van der Waals surface area contributed by atoms with E-state index in [1.165, 1.54) is 10.5 Å². The van der Waals surface area contributed by atoms with Gasteiger partial charge in [0.15, 0.2) is 5.82 Å². The molecule has 0 bridgehead atoms. The fourth-order valence-corrected chi connectivity index (χ4v) is 4.79. The van der Waals surface area contributed by atoms with Crippen LogP contribution in [0.5, 0.6) is 0 Å². The Bertz CT molecular complexity index is 1190. The standard InChI is InChI=1S/C25H26Cl2N4S/c1-31(2)14-8-7-13-28-25-24(29-20-15-18(26)19(27)16-21(20)30-25)23-12-11-22(32-23)17-9-5-3-4-6-10-17/h3,5-6,9-12,15-16H,4,7-8,13-14H2,1-2H3,(H,28,30). The van der Waals surface area contributed by atoms with Crippen LogP contribution in [0, 0.1) is 0 Å². The molecule has 4 rings (SSSR count). The Hall–Kier alpha value is -2.18. The van der Waals surface area contributed by atoms with Gasteiger partial charge in [-0.3, -0.25) is 0 Å².